The molecule has 2 nitrogen and oxygen atoms in total. The quantitative estimate of drug-likeness (QED) is 0.635. The number of rotatable bonds is 2. The van der Waals surface area contributed by atoms with Gasteiger partial charge in [-0.25, -0.2) is 4.99 Å². The molecule has 0 amide bonds. The van der Waals surface area contributed by atoms with Gasteiger partial charge in [0.25, 0.3) is 0 Å². The second-order valence-electron chi connectivity index (χ2n) is 3.62. The van der Waals surface area contributed by atoms with Gasteiger partial charge in [-0.2, -0.15) is 0 Å². The van der Waals surface area contributed by atoms with Crippen molar-refractivity contribution in [3.63, 3.8) is 0 Å². The van der Waals surface area contributed by atoms with E-state index >= 15 is 0 Å². The van der Waals surface area contributed by atoms with Crippen LogP contribution in [0.4, 0.5) is 0 Å². The van der Waals surface area contributed by atoms with E-state index in [4.69, 9.17) is 4.74 Å². The van der Waals surface area contributed by atoms with E-state index in [0.717, 1.165) is 30.9 Å². The third kappa shape index (κ3) is 1.67. The Morgan fingerprint density at radius 1 is 1.62 bits per heavy atom. The fraction of sp³-hybridized carbons (Fsp3) is 0.545. The highest BCUT2D eigenvalue weighted by Gasteiger charge is 2.25. The van der Waals surface area contributed by atoms with E-state index < -0.39 is 0 Å². The summed E-state index contributed by atoms with van der Waals surface area (Å²) in [7, 11) is 0. The molecule has 1 aliphatic heterocycles. The van der Waals surface area contributed by atoms with Crippen molar-refractivity contribution in [2.24, 2.45) is 4.99 Å². The van der Waals surface area contributed by atoms with Crippen LogP contribution >= 0.6 is 0 Å². The van der Waals surface area contributed by atoms with Crippen LogP contribution in [0.3, 0.4) is 0 Å². The van der Waals surface area contributed by atoms with Crippen LogP contribution in [0.25, 0.3) is 0 Å². The SMILES string of the molecule is CCCC1=NC2CC=C(C)C=C2O1. The van der Waals surface area contributed by atoms with Crippen LogP contribution in [0.5, 0.6) is 0 Å². The van der Waals surface area contributed by atoms with Crippen LogP contribution in [0.1, 0.15) is 33.1 Å². The smallest absolute Gasteiger partial charge is 0.190 e. The lowest BCUT2D eigenvalue weighted by Gasteiger charge is -2.11. The summed E-state index contributed by atoms with van der Waals surface area (Å²) < 4.78 is 5.65. The van der Waals surface area contributed by atoms with E-state index in [1.807, 2.05) is 0 Å². The number of fused-ring (bicyclic) bond motifs is 1. The highest BCUT2D eigenvalue weighted by atomic mass is 16.5. The summed E-state index contributed by atoms with van der Waals surface area (Å²) in [4.78, 5) is 4.52. The Morgan fingerprint density at radius 2 is 2.46 bits per heavy atom. The molecular formula is C11H15NO. The molecule has 0 saturated carbocycles. The molecule has 0 fully saturated rings. The van der Waals surface area contributed by atoms with Crippen LogP contribution in [0, 0.1) is 0 Å². The Balaban J connectivity index is 2.10. The lowest BCUT2D eigenvalue weighted by Crippen LogP contribution is -2.06. The van der Waals surface area contributed by atoms with E-state index in [9.17, 15) is 0 Å². The van der Waals surface area contributed by atoms with Gasteiger partial charge in [0.1, 0.15) is 11.8 Å². The molecular weight excluding hydrogens is 162 g/mol. The molecule has 2 heteroatoms. The number of aliphatic imine (C=N–C) groups is 1. The lowest BCUT2D eigenvalue weighted by molar-refractivity contribution is 0.401. The van der Waals surface area contributed by atoms with Gasteiger partial charge in [0.2, 0.25) is 0 Å². The predicted molar refractivity (Wildman–Crippen MR) is 53.7 cm³/mol. The Morgan fingerprint density at radius 3 is 3.23 bits per heavy atom. The highest BCUT2D eigenvalue weighted by Crippen LogP contribution is 2.27. The van der Waals surface area contributed by atoms with Crippen molar-refractivity contribution in [1.29, 1.82) is 0 Å². The molecule has 0 spiro atoms. The van der Waals surface area contributed by atoms with Crippen LogP contribution in [-0.2, 0) is 4.74 Å². The zero-order valence-corrected chi connectivity index (χ0v) is 8.21. The molecule has 0 aromatic rings. The summed E-state index contributed by atoms with van der Waals surface area (Å²) in [5.41, 5.74) is 1.29. The lowest BCUT2D eigenvalue weighted by atomic mass is 10.0. The van der Waals surface area contributed by atoms with Gasteiger partial charge < -0.3 is 4.74 Å². The predicted octanol–water partition coefficient (Wildman–Crippen LogP) is 2.82. The zero-order chi connectivity index (χ0) is 9.26. The Labute approximate surface area is 79.0 Å². The maximum atomic E-state index is 5.65. The molecule has 1 unspecified atom stereocenters. The standard InChI is InChI=1S/C11H15NO/c1-3-4-11-12-9-6-5-8(2)7-10(9)13-11/h5,7,9H,3-4,6H2,1-2H3. The van der Waals surface area contributed by atoms with E-state index in [2.05, 4.69) is 31.0 Å². The highest BCUT2D eigenvalue weighted by molar-refractivity contribution is 5.80. The summed E-state index contributed by atoms with van der Waals surface area (Å²) >= 11 is 0. The van der Waals surface area contributed by atoms with Crippen molar-refractivity contribution < 1.29 is 4.74 Å². The summed E-state index contributed by atoms with van der Waals surface area (Å²) in [5.74, 6) is 1.96. The zero-order valence-electron chi connectivity index (χ0n) is 8.21. The molecule has 0 aromatic heterocycles. The van der Waals surface area contributed by atoms with Gasteiger partial charge in [0, 0.05) is 6.42 Å². The average Bonchev–Trinajstić information content (AvgIpc) is 2.46. The number of ether oxygens (including phenoxy) is 1. The first-order valence-corrected chi connectivity index (χ1v) is 4.92. The van der Waals surface area contributed by atoms with Gasteiger partial charge in [0.05, 0.1) is 0 Å². The van der Waals surface area contributed by atoms with Crippen molar-refractivity contribution in [2.75, 3.05) is 0 Å². The molecule has 0 saturated heterocycles. The largest absolute Gasteiger partial charge is 0.445 e. The van der Waals surface area contributed by atoms with Crippen molar-refractivity contribution in [2.45, 2.75) is 39.2 Å². The molecule has 0 radical (unpaired) electrons. The summed E-state index contributed by atoms with van der Waals surface area (Å²) in [6.07, 6.45) is 7.39. The fourth-order valence-corrected chi connectivity index (χ4v) is 1.67. The first-order chi connectivity index (χ1) is 6.29. The summed E-state index contributed by atoms with van der Waals surface area (Å²) in [6, 6.07) is 0.283. The molecule has 0 N–H and O–H groups in total. The minimum Gasteiger partial charge on any atom is -0.445 e. The van der Waals surface area contributed by atoms with Gasteiger partial charge in [-0.05, 0) is 25.8 Å². The molecule has 2 rings (SSSR count). The van der Waals surface area contributed by atoms with Crippen LogP contribution < -0.4 is 0 Å². The maximum Gasteiger partial charge on any atom is 0.190 e. The van der Waals surface area contributed by atoms with Crippen molar-refractivity contribution in [3.8, 4) is 0 Å². The van der Waals surface area contributed by atoms with E-state index in [1.54, 1.807) is 0 Å². The number of hydrogen-bond donors (Lipinski definition) is 0. The van der Waals surface area contributed by atoms with E-state index in [0.29, 0.717) is 0 Å². The topological polar surface area (TPSA) is 21.6 Å². The molecule has 1 aliphatic carbocycles. The van der Waals surface area contributed by atoms with Crippen molar-refractivity contribution >= 4 is 5.90 Å². The Kier molecular flexibility index (Phi) is 2.21. The number of hydrogen-bond acceptors (Lipinski definition) is 2. The van der Waals surface area contributed by atoms with Crippen molar-refractivity contribution in [1.82, 2.24) is 0 Å². The second kappa shape index (κ2) is 3.36. The Hall–Kier alpha value is -1.05. The Bertz CT molecular complexity index is 299. The van der Waals surface area contributed by atoms with Crippen molar-refractivity contribution in [3.05, 3.63) is 23.5 Å². The van der Waals surface area contributed by atoms with Gasteiger partial charge in [-0.15, -0.1) is 0 Å². The minimum atomic E-state index is 0.283. The molecule has 1 heterocycles. The summed E-state index contributed by atoms with van der Waals surface area (Å²) in [6.45, 7) is 4.25. The molecule has 70 valence electrons. The average molecular weight is 177 g/mol. The van der Waals surface area contributed by atoms with Gasteiger partial charge >= 0.3 is 0 Å². The van der Waals surface area contributed by atoms with Crippen LogP contribution in [0.15, 0.2) is 28.5 Å². The van der Waals surface area contributed by atoms with E-state index in [1.165, 1.54) is 5.57 Å². The van der Waals surface area contributed by atoms with E-state index in [-0.39, 0.29) is 6.04 Å². The van der Waals surface area contributed by atoms with Crippen LogP contribution in [-0.4, -0.2) is 11.9 Å². The molecule has 2 aliphatic rings. The minimum absolute atomic E-state index is 0.283. The summed E-state index contributed by atoms with van der Waals surface area (Å²) in [5, 5.41) is 0. The molecule has 0 bridgehead atoms. The van der Waals surface area contributed by atoms with Crippen LogP contribution in [0.2, 0.25) is 0 Å². The third-order valence-corrected chi connectivity index (χ3v) is 2.36. The molecule has 1 atom stereocenters. The van der Waals surface area contributed by atoms with Gasteiger partial charge in [-0.3, -0.25) is 0 Å². The maximum absolute atomic E-state index is 5.65. The molecule has 0 aromatic carbocycles. The first-order valence-electron chi connectivity index (χ1n) is 4.92. The molecule has 13 heavy (non-hydrogen) atoms. The fourth-order valence-electron chi connectivity index (χ4n) is 1.67. The normalized spacial score (nSPS) is 25.7. The number of nitrogens with zero attached hydrogens (tertiary/aromatic N) is 1. The number of allylic oxidation sites excluding steroid dienone is 2. The monoisotopic (exact) mass is 177 g/mol. The first kappa shape index (κ1) is 8.54. The van der Waals surface area contributed by atoms with Gasteiger partial charge in [0.15, 0.2) is 5.90 Å². The third-order valence-electron chi connectivity index (χ3n) is 2.36. The van der Waals surface area contributed by atoms with Gasteiger partial charge in [-0.1, -0.05) is 18.6 Å². The second-order valence-corrected chi connectivity index (χ2v) is 3.62.